The van der Waals surface area contributed by atoms with E-state index in [2.05, 4.69) is 17.1 Å². The summed E-state index contributed by atoms with van der Waals surface area (Å²) in [6.45, 7) is 7.39. The molecule has 0 spiro atoms. The number of morpholine rings is 1. The van der Waals surface area contributed by atoms with Crippen molar-refractivity contribution in [3.05, 3.63) is 69.6 Å². The van der Waals surface area contributed by atoms with Gasteiger partial charge in [-0.2, -0.15) is 0 Å². The first-order valence-electron chi connectivity index (χ1n) is 11.6. The molecule has 172 valence electrons. The van der Waals surface area contributed by atoms with Crippen LogP contribution < -0.4 is 10.2 Å². The highest BCUT2D eigenvalue weighted by Gasteiger charge is 2.32. The van der Waals surface area contributed by atoms with Gasteiger partial charge in [-0.05, 0) is 38.0 Å². The first-order chi connectivity index (χ1) is 16.0. The third kappa shape index (κ3) is 3.91. The van der Waals surface area contributed by atoms with Crippen molar-refractivity contribution in [3.8, 4) is 5.75 Å². The van der Waals surface area contributed by atoms with Gasteiger partial charge in [0, 0.05) is 25.6 Å². The van der Waals surface area contributed by atoms with Crippen LogP contribution in [-0.4, -0.2) is 51.8 Å². The molecule has 33 heavy (non-hydrogen) atoms. The van der Waals surface area contributed by atoms with Crippen molar-refractivity contribution < 1.29 is 14.3 Å². The molecule has 1 aliphatic carbocycles. The Bertz CT molecular complexity index is 1230. The number of benzene rings is 1. The summed E-state index contributed by atoms with van der Waals surface area (Å²) in [6.07, 6.45) is 4.99. The molecular weight excluding hydrogens is 418 g/mol. The van der Waals surface area contributed by atoms with Crippen LogP contribution in [0, 0.1) is 0 Å². The second kappa shape index (κ2) is 8.63. The zero-order valence-electron chi connectivity index (χ0n) is 19.3. The summed E-state index contributed by atoms with van der Waals surface area (Å²) in [7, 11) is 0. The van der Waals surface area contributed by atoms with E-state index < -0.39 is 0 Å². The van der Waals surface area contributed by atoms with Crippen LogP contribution in [0.15, 0.2) is 47.5 Å². The van der Waals surface area contributed by atoms with E-state index in [1.165, 1.54) is 11.1 Å². The summed E-state index contributed by atoms with van der Waals surface area (Å²) in [5, 5.41) is 0.407. The molecule has 2 aromatic heterocycles. The van der Waals surface area contributed by atoms with E-state index in [1.54, 1.807) is 23.4 Å². The number of rotatable bonds is 4. The van der Waals surface area contributed by atoms with Crippen LogP contribution in [-0.2, 0) is 24.1 Å². The summed E-state index contributed by atoms with van der Waals surface area (Å²) >= 11 is 0. The zero-order valence-corrected chi connectivity index (χ0v) is 19.3. The quantitative estimate of drug-likeness (QED) is 0.614. The van der Waals surface area contributed by atoms with Crippen molar-refractivity contribution in [3.63, 3.8) is 0 Å². The number of carbonyl (C=O) groups excluding carboxylic acids is 1. The standard InChI is InChI=1S/C26H29N3O4/c1-4-28-13-23(26(31)29-16(2)14-32-15-17(29)3)24(30)22-11-21(12-27-25(22)28)33-20-9-18-7-5-6-8-19(18)10-20/h5-8,11-13,16-17,20H,4,9-10,14-15H2,1-3H3/t16-,17-/m1/s1. The van der Waals surface area contributed by atoms with Gasteiger partial charge < -0.3 is 18.9 Å². The fraction of sp³-hybridized carbons (Fsp3) is 0.423. The molecule has 2 aliphatic rings. The number of fused-ring (bicyclic) bond motifs is 2. The van der Waals surface area contributed by atoms with Crippen LogP contribution in [0.2, 0.25) is 0 Å². The minimum absolute atomic E-state index is 0.00918. The molecule has 0 unspecified atom stereocenters. The molecule has 2 atom stereocenters. The Morgan fingerprint density at radius 3 is 2.45 bits per heavy atom. The lowest BCUT2D eigenvalue weighted by atomic mass is 10.1. The van der Waals surface area contributed by atoms with Crippen LogP contribution in [0.5, 0.6) is 5.75 Å². The number of hydrogen-bond donors (Lipinski definition) is 0. The molecule has 7 nitrogen and oxygen atoms in total. The third-order valence-electron chi connectivity index (χ3n) is 6.68. The maximum Gasteiger partial charge on any atom is 0.259 e. The lowest BCUT2D eigenvalue weighted by Gasteiger charge is -2.38. The van der Waals surface area contributed by atoms with Crippen LogP contribution in [0.1, 0.15) is 42.3 Å². The van der Waals surface area contributed by atoms with Crippen molar-refractivity contribution in [1.82, 2.24) is 14.5 Å². The largest absolute Gasteiger partial charge is 0.488 e. The van der Waals surface area contributed by atoms with E-state index in [0.29, 0.717) is 36.5 Å². The summed E-state index contributed by atoms with van der Waals surface area (Å²) in [5.41, 5.74) is 3.01. The molecular formula is C26H29N3O4. The summed E-state index contributed by atoms with van der Waals surface area (Å²) in [5.74, 6) is 0.294. The molecule has 0 radical (unpaired) electrons. The van der Waals surface area contributed by atoms with Gasteiger partial charge in [0.1, 0.15) is 23.1 Å². The summed E-state index contributed by atoms with van der Waals surface area (Å²) < 4.78 is 13.6. The Morgan fingerprint density at radius 2 is 1.82 bits per heavy atom. The zero-order chi connectivity index (χ0) is 23.1. The molecule has 3 heterocycles. The summed E-state index contributed by atoms with van der Waals surface area (Å²) in [6, 6.07) is 9.89. The van der Waals surface area contributed by atoms with E-state index in [1.807, 2.05) is 37.5 Å². The molecule has 0 N–H and O–H groups in total. The van der Waals surface area contributed by atoms with Gasteiger partial charge in [-0.15, -0.1) is 0 Å². The van der Waals surface area contributed by atoms with E-state index in [-0.39, 0.29) is 35.1 Å². The molecule has 7 heteroatoms. The lowest BCUT2D eigenvalue weighted by Crippen LogP contribution is -2.53. The Hall–Kier alpha value is -3.19. The first kappa shape index (κ1) is 21.6. The normalized spacial score (nSPS) is 20.8. The SMILES string of the molecule is CCn1cc(C(=O)N2[C@H](C)COC[C@H]2C)c(=O)c2cc(OC3Cc4ccccc4C3)cnc21. The predicted octanol–water partition coefficient (Wildman–Crippen LogP) is 3.21. The molecule has 1 aliphatic heterocycles. The maximum atomic E-state index is 13.5. The molecule has 1 saturated heterocycles. The van der Waals surface area contributed by atoms with Gasteiger partial charge in [-0.1, -0.05) is 24.3 Å². The van der Waals surface area contributed by atoms with Gasteiger partial charge in [-0.25, -0.2) is 4.98 Å². The average Bonchev–Trinajstić information content (AvgIpc) is 3.21. The number of amides is 1. The molecule has 0 bridgehead atoms. The van der Waals surface area contributed by atoms with Crippen LogP contribution in [0.25, 0.3) is 11.0 Å². The molecule has 1 amide bonds. The van der Waals surface area contributed by atoms with Gasteiger partial charge in [-0.3, -0.25) is 9.59 Å². The Kier molecular flexibility index (Phi) is 5.66. The fourth-order valence-electron chi connectivity index (χ4n) is 5.05. The molecule has 5 rings (SSSR count). The minimum Gasteiger partial charge on any atom is -0.488 e. The maximum absolute atomic E-state index is 13.5. The molecule has 1 fully saturated rings. The van der Waals surface area contributed by atoms with Crippen LogP contribution in [0.4, 0.5) is 0 Å². The highest BCUT2D eigenvalue weighted by atomic mass is 16.5. The smallest absolute Gasteiger partial charge is 0.259 e. The number of nitrogens with zero attached hydrogens (tertiary/aromatic N) is 3. The summed E-state index contributed by atoms with van der Waals surface area (Å²) in [4.78, 5) is 33.2. The Labute approximate surface area is 192 Å². The van der Waals surface area contributed by atoms with Gasteiger partial charge in [0.2, 0.25) is 5.43 Å². The number of pyridine rings is 2. The first-order valence-corrected chi connectivity index (χ1v) is 11.6. The minimum atomic E-state index is -0.307. The molecule has 1 aromatic carbocycles. The van der Waals surface area contributed by atoms with E-state index in [0.717, 1.165) is 12.8 Å². The van der Waals surface area contributed by atoms with Gasteiger partial charge in [0.05, 0.1) is 36.9 Å². The van der Waals surface area contributed by atoms with Gasteiger partial charge in [0.15, 0.2) is 0 Å². The number of aromatic nitrogens is 2. The highest BCUT2D eigenvalue weighted by molar-refractivity contribution is 5.97. The molecule has 0 saturated carbocycles. The van der Waals surface area contributed by atoms with Gasteiger partial charge in [0.25, 0.3) is 5.91 Å². The molecule has 3 aromatic rings. The van der Waals surface area contributed by atoms with E-state index in [4.69, 9.17) is 9.47 Å². The second-order valence-electron chi connectivity index (χ2n) is 9.06. The fourth-order valence-corrected chi connectivity index (χ4v) is 5.05. The van der Waals surface area contributed by atoms with Crippen molar-refractivity contribution in [2.24, 2.45) is 0 Å². The van der Waals surface area contributed by atoms with Crippen LogP contribution >= 0.6 is 0 Å². The monoisotopic (exact) mass is 447 g/mol. The van der Waals surface area contributed by atoms with Crippen molar-refractivity contribution in [2.75, 3.05) is 13.2 Å². The number of ether oxygens (including phenoxy) is 2. The van der Waals surface area contributed by atoms with Crippen molar-refractivity contribution in [2.45, 2.75) is 58.3 Å². The Balaban J connectivity index is 1.50. The van der Waals surface area contributed by atoms with Crippen molar-refractivity contribution in [1.29, 1.82) is 0 Å². The number of carbonyl (C=O) groups is 1. The van der Waals surface area contributed by atoms with E-state index >= 15 is 0 Å². The average molecular weight is 448 g/mol. The second-order valence-corrected chi connectivity index (χ2v) is 9.06. The van der Waals surface area contributed by atoms with Gasteiger partial charge >= 0.3 is 0 Å². The number of aryl methyl sites for hydroxylation is 1. The van der Waals surface area contributed by atoms with E-state index in [9.17, 15) is 9.59 Å². The Morgan fingerprint density at radius 1 is 1.15 bits per heavy atom. The van der Waals surface area contributed by atoms with Crippen molar-refractivity contribution >= 4 is 16.9 Å². The third-order valence-corrected chi connectivity index (χ3v) is 6.68. The number of hydrogen-bond acceptors (Lipinski definition) is 5. The topological polar surface area (TPSA) is 73.7 Å². The lowest BCUT2D eigenvalue weighted by molar-refractivity contribution is -0.0250. The predicted molar refractivity (Wildman–Crippen MR) is 126 cm³/mol. The highest BCUT2D eigenvalue weighted by Crippen LogP contribution is 2.27. The van der Waals surface area contributed by atoms with Crippen LogP contribution in [0.3, 0.4) is 0 Å².